The van der Waals surface area contributed by atoms with Gasteiger partial charge in [0, 0.05) is 13.1 Å². The summed E-state index contributed by atoms with van der Waals surface area (Å²) in [5, 5.41) is 10.0. The van der Waals surface area contributed by atoms with E-state index >= 15 is 0 Å². The molecule has 0 radical (unpaired) electrons. The van der Waals surface area contributed by atoms with Gasteiger partial charge in [0.25, 0.3) is 0 Å². The van der Waals surface area contributed by atoms with Crippen molar-refractivity contribution in [3.63, 3.8) is 0 Å². The van der Waals surface area contributed by atoms with E-state index in [0.29, 0.717) is 11.6 Å². The van der Waals surface area contributed by atoms with Crippen LogP contribution in [0.5, 0.6) is 0 Å². The molecular formula is C14H18ClNO2. The zero-order valence-corrected chi connectivity index (χ0v) is 11.4. The third-order valence-corrected chi connectivity index (χ3v) is 4.18. The molecule has 1 aliphatic heterocycles. The van der Waals surface area contributed by atoms with E-state index in [1.807, 2.05) is 38.1 Å². The van der Waals surface area contributed by atoms with E-state index in [2.05, 4.69) is 4.90 Å². The second-order valence-electron chi connectivity index (χ2n) is 5.53. The number of benzene rings is 1. The van der Waals surface area contributed by atoms with Crippen molar-refractivity contribution in [2.45, 2.75) is 20.3 Å². The molecule has 1 aliphatic rings. The first kappa shape index (κ1) is 13.2. The second kappa shape index (κ2) is 4.81. The first-order valence-electron chi connectivity index (χ1n) is 6.14. The molecule has 98 valence electrons. The summed E-state index contributed by atoms with van der Waals surface area (Å²) in [4.78, 5) is 13.4. The molecule has 4 heteroatoms. The summed E-state index contributed by atoms with van der Waals surface area (Å²) in [5.74, 6) is -1.08. The Balaban J connectivity index is 2.24. The number of rotatable bonds is 2. The fourth-order valence-electron chi connectivity index (χ4n) is 2.50. The van der Waals surface area contributed by atoms with Crippen molar-refractivity contribution in [3.8, 4) is 0 Å². The summed E-state index contributed by atoms with van der Waals surface area (Å²) in [6, 6.07) is 7.59. The molecule has 1 fully saturated rings. The van der Waals surface area contributed by atoms with Gasteiger partial charge in [-0.3, -0.25) is 4.79 Å². The Kier molecular flexibility index (Phi) is 3.53. The van der Waals surface area contributed by atoms with E-state index in [1.54, 1.807) is 0 Å². The largest absolute Gasteiger partial charge is 0.481 e. The zero-order valence-electron chi connectivity index (χ0n) is 10.7. The maximum Gasteiger partial charge on any atom is 0.308 e. The summed E-state index contributed by atoms with van der Waals surface area (Å²) in [6.45, 7) is 5.41. The summed E-state index contributed by atoms with van der Waals surface area (Å²) in [7, 11) is 0. The minimum absolute atomic E-state index is 0.163. The molecule has 0 aliphatic carbocycles. The molecule has 0 spiro atoms. The number of carboxylic acid groups (broad SMARTS) is 1. The first-order valence-corrected chi connectivity index (χ1v) is 6.52. The van der Waals surface area contributed by atoms with Gasteiger partial charge in [0.1, 0.15) is 0 Å². The number of carboxylic acids is 1. The molecule has 1 aromatic rings. The Labute approximate surface area is 112 Å². The molecule has 0 aromatic heterocycles. The van der Waals surface area contributed by atoms with Crippen molar-refractivity contribution in [1.29, 1.82) is 0 Å². The highest BCUT2D eigenvalue weighted by molar-refractivity contribution is 6.33. The van der Waals surface area contributed by atoms with E-state index in [1.165, 1.54) is 0 Å². The van der Waals surface area contributed by atoms with Crippen LogP contribution in [0.25, 0.3) is 0 Å². The molecule has 0 bridgehead atoms. The fraction of sp³-hybridized carbons (Fsp3) is 0.500. The Bertz CT molecular complexity index is 459. The molecule has 1 aromatic carbocycles. The first-order chi connectivity index (χ1) is 8.42. The molecule has 3 nitrogen and oxygen atoms in total. The average Bonchev–Trinajstić information content (AvgIpc) is 2.29. The number of anilines is 1. The van der Waals surface area contributed by atoms with Gasteiger partial charge in [0.15, 0.2) is 0 Å². The lowest BCUT2D eigenvalue weighted by molar-refractivity contribution is -0.146. The minimum atomic E-state index is -0.725. The van der Waals surface area contributed by atoms with Crippen molar-refractivity contribution in [3.05, 3.63) is 29.3 Å². The Morgan fingerprint density at radius 1 is 1.44 bits per heavy atom. The van der Waals surface area contributed by atoms with Crippen molar-refractivity contribution < 1.29 is 9.90 Å². The monoisotopic (exact) mass is 267 g/mol. The number of halogens is 1. The van der Waals surface area contributed by atoms with Gasteiger partial charge >= 0.3 is 5.97 Å². The number of carbonyl (C=O) groups is 1. The molecule has 18 heavy (non-hydrogen) atoms. The van der Waals surface area contributed by atoms with Crippen molar-refractivity contribution in [1.82, 2.24) is 0 Å². The fourth-order valence-corrected chi connectivity index (χ4v) is 2.75. The van der Waals surface area contributed by atoms with Gasteiger partial charge in [-0.1, -0.05) is 37.6 Å². The van der Waals surface area contributed by atoms with Crippen molar-refractivity contribution in [2.75, 3.05) is 18.0 Å². The highest BCUT2D eigenvalue weighted by Gasteiger charge is 2.40. The molecule has 2 rings (SSSR count). The van der Waals surface area contributed by atoms with E-state index in [-0.39, 0.29) is 11.3 Å². The molecule has 1 atom stereocenters. The molecular weight excluding hydrogens is 250 g/mol. The maximum atomic E-state index is 11.4. The van der Waals surface area contributed by atoms with Gasteiger partial charge in [-0.15, -0.1) is 0 Å². The van der Waals surface area contributed by atoms with Crippen LogP contribution in [-0.4, -0.2) is 24.2 Å². The van der Waals surface area contributed by atoms with Gasteiger partial charge in [-0.25, -0.2) is 0 Å². The maximum absolute atomic E-state index is 11.4. The minimum Gasteiger partial charge on any atom is -0.481 e. The molecule has 1 heterocycles. The van der Waals surface area contributed by atoms with Crippen LogP contribution in [0.1, 0.15) is 20.3 Å². The van der Waals surface area contributed by atoms with Crippen LogP contribution >= 0.6 is 11.6 Å². The van der Waals surface area contributed by atoms with Crippen LogP contribution in [0.3, 0.4) is 0 Å². The van der Waals surface area contributed by atoms with E-state index in [0.717, 1.165) is 18.7 Å². The number of para-hydroxylation sites is 1. The summed E-state index contributed by atoms with van der Waals surface area (Å²) in [5.41, 5.74) is 0.768. The van der Waals surface area contributed by atoms with Crippen molar-refractivity contribution in [2.24, 2.45) is 11.3 Å². The van der Waals surface area contributed by atoms with Gasteiger partial charge in [-0.05, 0) is 24.0 Å². The molecule has 1 saturated heterocycles. The van der Waals surface area contributed by atoms with Gasteiger partial charge in [-0.2, -0.15) is 0 Å². The quantitative estimate of drug-likeness (QED) is 0.894. The average molecular weight is 268 g/mol. The van der Waals surface area contributed by atoms with Crippen LogP contribution in [0, 0.1) is 11.3 Å². The van der Waals surface area contributed by atoms with Crippen LogP contribution < -0.4 is 4.90 Å². The number of hydrogen-bond acceptors (Lipinski definition) is 2. The summed E-state index contributed by atoms with van der Waals surface area (Å²) in [6.07, 6.45) is 0.856. The summed E-state index contributed by atoms with van der Waals surface area (Å²) < 4.78 is 0. The Morgan fingerprint density at radius 3 is 2.72 bits per heavy atom. The third kappa shape index (κ3) is 2.46. The van der Waals surface area contributed by atoms with Crippen molar-refractivity contribution >= 4 is 23.3 Å². The van der Waals surface area contributed by atoms with Gasteiger partial charge in [0.05, 0.1) is 16.6 Å². The molecule has 1 N–H and O–H groups in total. The predicted octanol–water partition coefficient (Wildman–Crippen LogP) is 3.28. The topological polar surface area (TPSA) is 40.5 Å². The smallest absolute Gasteiger partial charge is 0.308 e. The lowest BCUT2D eigenvalue weighted by Gasteiger charge is -2.43. The van der Waals surface area contributed by atoms with Crippen LogP contribution in [0.15, 0.2) is 24.3 Å². The third-order valence-electron chi connectivity index (χ3n) is 3.86. The Morgan fingerprint density at radius 2 is 2.11 bits per heavy atom. The number of nitrogens with zero attached hydrogens (tertiary/aromatic N) is 1. The highest BCUT2D eigenvalue weighted by Crippen LogP contribution is 2.38. The molecule has 0 amide bonds. The second-order valence-corrected chi connectivity index (χ2v) is 5.93. The number of hydrogen-bond donors (Lipinski definition) is 1. The number of aliphatic carboxylic acids is 1. The zero-order chi connectivity index (χ0) is 13.3. The Hall–Kier alpha value is -1.22. The highest BCUT2D eigenvalue weighted by atomic mass is 35.5. The van der Waals surface area contributed by atoms with E-state index in [9.17, 15) is 9.90 Å². The normalized spacial score (nSPS) is 22.8. The van der Waals surface area contributed by atoms with E-state index < -0.39 is 5.97 Å². The van der Waals surface area contributed by atoms with Gasteiger partial charge < -0.3 is 10.0 Å². The lowest BCUT2D eigenvalue weighted by atomic mass is 9.73. The standard InChI is InChI=1S/C14H18ClNO2/c1-14(2)7-8-16(9-10(14)13(17)18)12-6-4-3-5-11(12)15/h3-6,10H,7-9H2,1-2H3,(H,17,18). The number of piperidine rings is 1. The lowest BCUT2D eigenvalue weighted by Crippen LogP contribution is -2.48. The van der Waals surface area contributed by atoms with E-state index in [4.69, 9.17) is 11.6 Å². The van der Waals surface area contributed by atoms with Crippen LogP contribution in [0.2, 0.25) is 5.02 Å². The molecule has 0 saturated carbocycles. The molecule has 1 unspecified atom stereocenters. The van der Waals surface area contributed by atoms with Crippen LogP contribution in [0.4, 0.5) is 5.69 Å². The SMILES string of the molecule is CC1(C)CCN(c2ccccc2Cl)CC1C(=O)O. The predicted molar refractivity (Wildman–Crippen MR) is 73.2 cm³/mol. The summed E-state index contributed by atoms with van der Waals surface area (Å²) >= 11 is 6.17. The van der Waals surface area contributed by atoms with Crippen LogP contribution in [-0.2, 0) is 4.79 Å². The van der Waals surface area contributed by atoms with Gasteiger partial charge in [0.2, 0.25) is 0 Å².